The van der Waals surface area contributed by atoms with Gasteiger partial charge in [-0.2, -0.15) is 0 Å². The zero-order valence-electron chi connectivity index (χ0n) is 11.8. The van der Waals surface area contributed by atoms with Crippen LogP contribution >= 0.6 is 0 Å². The van der Waals surface area contributed by atoms with Crippen LogP contribution in [0, 0.1) is 0 Å². The second-order valence-corrected chi connectivity index (χ2v) is 6.01. The minimum Gasteiger partial charge on any atom is -0.399 e. The van der Waals surface area contributed by atoms with Crippen LogP contribution in [-0.2, 0) is 17.6 Å². The number of nitrogen functional groups attached to an aromatic ring is 1. The van der Waals surface area contributed by atoms with Crippen molar-refractivity contribution in [3.05, 3.63) is 64.7 Å². The Balaban J connectivity index is 1.50. The fourth-order valence-corrected chi connectivity index (χ4v) is 3.55. The molecule has 0 aliphatic heterocycles. The van der Waals surface area contributed by atoms with E-state index in [1.165, 1.54) is 22.3 Å². The molecule has 4 rings (SSSR count). The van der Waals surface area contributed by atoms with Gasteiger partial charge in [0.2, 0.25) is 5.91 Å². The summed E-state index contributed by atoms with van der Waals surface area (Å²) in [5, 5.41) is 3.22. The first kappa shape index (κ1) is 12.5. The van der Waals surface area contributed by atoms with E-state index < -0.39 is 0 Å². The van der Waals surface area contributed by atoms with Crippen LogP contribution in [0.3, 0.4) is 0 Å². The van der Waals surface area contributed by atoms with E-state index in [-0.39, 0.29) is 17.9 Å². The second kappa shape index (κ2) is 4.62. The molecule has 3 nitrogen and oxygen atoms in total. The van der Waals surface area contributed by atoms with E-state index in [0.717, 1.165) is 24.9 Å². The Morgan fingerprint density at radius 1 is 1.10 bits per heavy atom. The van der Waals surface area contributed by atoms with Gasteiger partial charge in [0.05, 0.1) is 12.0 Å². The molecule has 0 radical (unpaired) electrons. The monoisotopic (exact) mass is 278 g/mol. The molecule has 1 amide bonds. The van der Waals surface area contributed by atoms with Gasteiger partial charge >= 0.3 is 0 Å². The number of benzene rings is 2. The first-order valence-corrected chi connectivity index (χ1v) is 7.49. The Kier molecular flexibility index (Phi) is 2.74. The van der Waals surface area contributed by atoms with Crippen LogP contribution in [0.1, 0.15) is 40.6 Å². The maximum Gasteiger partial charge on any atom is 0.228 e. The predicted molar refractivity (Wildman–Crippen MR) is 82.9 cm³/mol. The summed E-state index contributed by atoms with van der Waals surface area (Å²) in [6, 6.07) is 14.3. The zero-order chi connectivity index (χ0) is 14.4. The van der Waals surface area contributed by atoms with Crippen LogP contribution in [0.5, 0.6) is 0 Å². The molecule has 2 atom stereocenters. The van der Waals surface area contributed by atoms with E-state index in [1.54, 1.807) is 0 Å². The van der Waals surface area contributed by atoms with Crippen molar-refractivity contribution in [1.82, 2.24) is 5.32 Å². The number of carbonyl (C=O) groups excluding carboxylic acids is 1. The molecule has 0 fully saturated rings. The van der Waals surface area contributed by atoms with Gasteiger partial charge in [-0.25, -0.2) is 0 Å². The molecule has 21 heavy (non-hydrogen) atoms. The van der Waals surface area contributed by atoms with Crippen molar-refractivity contribution < 1.29 is 4.79 Å². The van der Waals surface area contributed by atoms with Crippen molar-refractivity contribution >= 4 is 11.6 Å². The topological polar surface area (TPSA) is 55.1 Å². The van der Waals surface area contributed by atoms with E-state index in [0.29, 0.717) is 0 Å². The van der Waals surface area contributed by atoms with Crippen molar-refractivity contribution in [3.63, 3.8) is 0 Å². The highest BCUT2D eigenvalue weighted by molar-refractivity contribution is 5.87. The van der Waals surface area contributed by atoms with Crippen molar-refractivity contribution in [2.45, 2.75) is 31.2 Å². The highest BCUT2D eigenvalue weighted by Crippen LogP contribution is 2.37. The summed E-state index contributed by atoms with van der Waals surface area (Å²) in [4.78, 5) is 12.5. The van der Waals surface area contributed by atoms with Gasteiger partial charge in [0.15, 0.2) is 0 Å². The minimum atomic E-state index is 0.0269. The lowest BCUT2D eigenvalue weighted by Gasteiger charge is -2.30. The van der Waals surface area contributed by atoms with Crippen LogP contribution in [0.2, 0.25) is 0 Å². The second-order valence-electron chi connectivity index (χ2n) is 6.01. The van der Waals surface area contributed by atoms with Gasteiger partial charge in [0, 0.05) is 5.69 Å². The average Bonchev–Trinajstić information content (AvgIpc) is 2.82. The van der Waals surface area contributed by atoms with Gasteiger partial charge < -0.3 is 11.1 Å². The van der Waals surface area contributed by atoms with E-state index >= 15 is 0 Å². The van der Waals surface area contributed by atoms with Crippen LogP contribution in [0.15, 0.2) is 42.5 Å². The molecule has 2 unspecified atom stereocenters. The molecule has 3 N–H and O–H groups in total. The fraction of sp³-hybridized carbons (Fsp3) is 0.278. The summed E-state index contributed by atoms with van der Waals surface area (Å²) in [7, 11) is 0. The molecule has 2 aliphatic rings. The zero-order valence-corrected chi connectivity index (χ0v) is 11.8. The third kappa shape index (κ3) is 2.00. The summed E-state index contributed by atoms with van der Waals surface area (Å²) in [5.41, 5.74) is 11.6. The number of nitrogens with one attached hydrogen (secondary N) is 1. The summed E-state index contributed by atoms with van der Waals surface area (Å²) in [5.74, 6) is 0.183. The maximum absolute atomic E-state index is 12.5. The van der Waals surface area contributed by atoms with Gasteiger partial charge in [-0.05, 0) is 53.6 Å². The highest BCUT2D eigenvalue weighted by atomic mass is 16.2. The minimum absolute atomic E-state index is 0.0269. The number of hydrogen-bond donors (Lipinski definition) is 2. The fourth-order valence-electron chi connectivity index (χ4n) is 3.55. The van der Waals surface area contributed by atoms with Gasteiger partial charge in [-0.1, -0.05) is 30.3 Å². The quantitative estimate of drug-likeness (QED) is 0.830. The lowest BCUT2D eigenvalue weighted by Crippen LogP contribution is -2.37. The van der Waals surface area contributed by atoms with Gasteiger partial charge in [0.25, 0.3) is 0 Å². The van der Waals surface area contributed by atoms with Crippen LogP contribution in [-0.4, -0.2) is 5.91 Å². The lowest BCUT2D eigenvalue weighted by molar-refractivity contribution is -0.123. The molecule has 2 aliphatic carbocycles. The Morgan fingerprint density at radius 3 is 2.81 bits per heavy atom. The number of carbonyl (C=O) groups is 1. The molecule has 3 heteroatoms. The van der Waals surface area contributed by atoms with Crippen molar-refractivity contribution in [2.24, 2.45) is 0 Å². The van der Waals surface area contributed by atoms with Gasteiger partial charge in [0.1, 0.15) is 0 Å². The predicted octanol–water partition coefficient (Wildman–Crippen LogP) is 2.71. The third-order valence-corrected chi connectivity index (χ3v) is 4.73. The summed E-state index contributed by atoms with van der Waals surface area (Å²) in [6.07, 6.45) is 2.83. The largest absolute Gasteiger partial charge is 0.399 e. The summed E-state index contributed by atoms with van der Waals surface area (Å²) in [6.45, 7) is 0. The lowest BCUT2D eigenvalue weighted by atomic mass is 9.77. The third-order valence-electron chi connectivity index (χ3n) is 4.73. The normalized spacial score (nSPS) is 22.1. The Labute approximate surface area is 124 Å². The van der Waals surface area contributed by atoms with Crippen molar-refractivity contribution in [1.29, 1.82) is 0 Å². The van der Waals surface area contributed by atoms with Crippen molar-refractivity contribution in [2.75, 3.05) is 5.73 Å². The number of amides is 1. The number of nitrogens with two attached hydrogens (primary N) is 1. The Hall–Kier alpha value is -2.29. The summed E-state index contributed by atoms with van der Waals surface area (Å²) < 4.78 is 0. The Morgan fingerprint density at radius 2 is 1.95 bits per heavy atom. The first-order valence-electron chi connectivity index (χ1n) is 7.49. The van der Waals surface area contributed by atoms with Gasteiger partial charge in [-0.3, -0.25) is 4.79 Å². The smallest absolute Gasteiger partial charge is 0.228 e. The van der Waals surface area contributed by atoms with E-state index in [9.17, 15) is 4.79 Å². The maximum atomic E-state index is 12.5. The van der Waals surface area contributed by atoms with Crippen LogP contribution in [0.25, 0.3) is 0 Å². The van der Waals surface area contributed by atoms with E-state index in [2.05, 4.69) is 23.5 Å². The van der Waals surface area contributed by atoms with E-state index in [4.69, 9.17) is 5.73 Å². The molecule has 0 aromatic heterocycles. The first-order chi connectivity index (χ1) is 10.2. The molecule has 0 spiro atoms. The molecule has 0 saturated heterocycles. The van der Waals surface area contributed by atoms with Crippen molar-refractivity contribution in [3.8, 4) is 0 Å². The molecule has 0 saturated carbocycles. The summed E-state index contributed by atoms with van der Waals surface area (Å²) >= 11 is 0. The Bertz CT molecular complexity index is 723. The molecular weight excluding hydrogens is 260 g/mol. The molecule has 2 aromatic carbocycles. The average molecular weight is 278 g/mol. The van der Waals surface area contributed by atoms with Crippen LogP contribution < -0.4 is 11.1 Å². The molecule has 2 aromatic rings. The molecule has 0 heterocycles. The molecule has 0 bridgehead atoms. The SMILES string of the molecule is Nc1ccc2c(c1)CCC2NC(=O)C1Cc2ccccc21. The van der Waals surface area contributed by atoms with Gasteiger partial charge in [-0.15, -0.1) is 0 Å². The van der Waals surface area contributed by atoms with Crippen LogP contribution in [0.4, 0.5) is 5.69 Å². The molecule has 106 valence electrons. The standard InChI is InChI=1S/C18H18N2O/c19-13-6-7-15-12(9-13)5-8-17(15)20-18(21)16-10-11-3-1-2-4-14(11)16/h1-4,6-7,9,16-17H,5,8,10,19H2,(H,20,21). The molecular formula is C18H18N2O. The number of hydrogen-bond acceptors (Lipinski definition) is 2. The number of fused-ring (bicyclic) bond motifs is 2. The number of rotatable bonds is 2. The highest BCUT2D eigenvalue weighted by Gasteiger charge is 2.34. The number of aryl methyl sites for hydroxylation is 1. The number of anilines is 1. The van der Waals surface area contributed by atoms with E-state index in [1.807, 2.05) is 24.3 Å².